The van der Waals surface area contributed by atoms with Crippen LogP contribution in [0, 0.1) is 13.8 Å². The van der Waals surface area contributed by atoms with E-state index in [4.69, 9.17) is 11.6 Å². The Bertz CT molecular complexity index is 1110. The van der Waals surface area contributed by atoms with Crippen LogP contribution in [0.2, 0.25) is 5.02 Å². The molecule has 0 saturated carbocycles. The second kappa shape index (κ2) is 6.59. The molecule has 0 aliphatic rings. The highest BCUT2D eigenvalue weighted by Gasteiger charge is 2.17. The molecular formula is C20H16ClN3OS. The highest BCUT2D eigenvalue weighted by atomic mass is 35.5. The van der Waals surface area contributed by atoms with Crippen molar-refractivity contribution in [3.63, 3.8) is 0 Å². The number of nitrogens with one attached hydrogen (secondary N) is 1. The third kappa shape index (κ3) is 3.00. The van der Waals surface area contributed by atoms with Crippen LogP contribution < -0.4 is 5.32 Å². The molecular weight excluding hydrogens is 366 g/mol. The van der Waals surface area contributed by atoms with E-state index in [1.165, 1.54) is 0 Å². The molecule has 4 aromatic rings. The Morgan fingerprint density at radius 3 is 2.58 bits per heavy atom. The van der Waals surface area contributed by atoms with Crippen LogP contribution in [0.4, 0.5) is 11.5 Å². The summed E-state index contributed by atoms with van der Waals surface area (Å²) < 4.78 is 0. The first-order valence-electron chi connectivity index (χ1n) is 8.09. The summed E-state index contributed by atoms with van der Waals surface area (Å²) in [5.74, 6) is 0.854. The number of halogens is 1. The van der Waals surface area contributed by atoms with Gasteiger partial charge in [-0.05, 0) is 49.2 Å². The largest absolute Gasteiger partial charge is 0.506 e. The molecule has 0 radical (unpaired) electrons. The maximum absolute atomic E-state index is 10.2. The minimum atomic E-state index is 0.183. The summed E-state index contributed by atoms with van der Waals surface area (Å²) in [6.07, 6.45) is 1.54. The van der Waals surface area contributed by atoms with Crippen molar-refractivity contribution in [1.82, 2.24) is 9.97 Å². The van der Waals surface area contributed by atoms with E-state index in [-0.39, 0.29) is 5.75 Å². The van der Waals surface area contributed by atoms with Gasteiger partial charge < -0.3 is 10.4 Å². The number of thiophene rings is 1. The zero-order chi connectivity index (χ0) is 18.3. The molecule has 4 nitrogen and oxygen atoms in total. The summed E-state index contributed by atoms with van der Waals surface area (Å²) >= 11 is 7.66. The second-order valence-corrected chi connectivity index (χ2v) is 7.73. The van der Waals surface area contributed by atoms with Crippen LogP contribution in [-0.4, -0.2) is 15.1 Å². The zero-order valence-corrected chi connectivity index (χ0v) is 15.8. The van der Waals surface area contributed by atoms with Crippen LogP contribution in [-0.2, 0) is 0 Å². The van der Waals surface area contributed by atoms with Gasteiger partial charge in [-0.25, -0.2) is 9.97 Å². The average Bonchev–Trinajstić information content (AvgIpc) is 2.96. The number of aromatic hydroxyl groups is 1. The Balaban J connectivity index is 1.90. The molecule has 2 aromatic heterocycles. The molecule has 130 valence electrons. The average molecular weight is 382 g/mol. The van der Waals surface area contributed by atoms with Gasteiger partial charge in [0.2, 0.25) is 0 Å². The summed E-state index contributed by atoms with van der Waals surface area (Å²) in [7, 11) is 0. The number of benzene rings is 2. The fraction of sp³-hybridized carbons (Fsp3) is 0.100. The maximum atomic E-state index is 10.2. The molecule has 4 rings (SSSR count). The van der Waals surface area contributed by atoms with Gasteiger partial charge in [0.15, 0.2) is 0 Å². The van der Waals surface area contributed by atoms with E-state index in [0.29, 0.717) is 16.5 Å². The number of aryl methyl sites for hydroxylation is 2. The van der Waals surface area contributed by atoms with Crippen LogP contribution in [0.3, 0.4) is 0 Å². The van der Waals surface area contributed by atoms with Crippen LogP contribution in [0.15, 0.2) is 48.8 Å². The molecule has 6 heteroatoms. The predicted octanol–water partition coefficient (Wildman–Crippen LogP) is 6.08. The minimum Gasteiger partial charge on any atom is -0.506 e. The third-order valence-corrected chi connectivity index (χ3v) is 5.47. The molecule has 0 amide bonds. The van der Waals surface area contributed by atoms with Gasteiger partial charge in [0.1, 0.15) is 22.7 Å². The van der Waals surface area contributed by atoms with Gasteiger partial charge >= 0.3 is 0 Å². The molecule has 2 aromatic carbocycles. The Kier molecular flexibility index (Phi) is 4.26. The Morgan fingerprint density at radius 1 is 1.04 bits per heavy atom. The van der Waals surface area contributed by atoms with Gasteiger partial charge in [0, 0.05) is 15.5 Å². The first-order valence-corrected chi connectivity index (χ1v) is 9.29. The number of hydrogen-bond acceptors (Lipinski definition) is 5. The number of rotatable bonds is 3. The second-order valence-electron chi connectivity index (χ2n) is 6.09. The van der Waals surface area contributed by atoms with E-state index in [9.17, 15) is 5.11 Å². The van der Waals surface area contributed by atoms with Crippen molar-refractivity contribution in [1.29, 1.82) is 0 Å². The normalized spacial score (nSPS) is 11.0. The maximum Gasteiger partial charge on any atom is 0.143 e. The molecule has 0 bridgehead atoms. The number of aromatic nitrogens is 2. The molecule has 0 aliphatic heterocycles. The van der Waals surface area contributed by atoms with E-state index in [1.54, 1.807) is 23.7 Å². The van der Waals surface area contributed by atoms with Crippen LogP contribution >= 0.6 is 22.9 Å². The molecule has 0 saturated heterocycles. The number of nitrogens with zero attached hydrogens (tertiary/aromatic N) is 2. The van der Waals surface area contributed by atoms with Crippen molar-refractivity contribution in [3.8, 4) is 16.9 Å². The first kappa shape index (κ1) is 16.8. The Labute approximate surface area is 160 Å². The van der Waals surface area contributed by atoms with Gasteiger partial charge in [0.25, 0.3) is 0 Å². The highest BCUT2D eigenvalue weighted by Crippen LogP contribution is 2.41. The summed E-state index contributed by atoms with van der Waals surface area (Å²) in [6, 6.07) is 13.2. The van der Waals surface area contributed by atoms with Crippen molar-refractivity contribution in [2.45, 2.75) is 13.8 Å². The Hall–Kier alpha value is -2.63. The van der Waals surface area contributed by atoms with Crippen LogP contribution in [0.1, 0.15) is 10.4 Å². The first-order chi connectivity index (χ1) is 12.5. The van der Waals surface area contributed by atoms with Gasteiger partial charge in [-0.3, -0.25) is 0 Å². The van der Waals surface area contributed by atoms with Gasteiger partial charge in [-0.15, -0.1) is 11.3 Å². The molecule has 0 unspecified atom stereocenters. The quantitative estimate of drug-likeness (QED) is 0.422. The van der Waals surface area contributed by atoms with E-state index >= 15 is 0 Å². The van der Waals surface area contributed by atoms with Crippen molar-refractivity contribution in [2.75, 3.05) is 5.32 Å². The lowest BCUT2D eigenvalue weighted by atomic mass is 10.0. The van der Waals surface area contributed by atoms with E-state index in [0.717, 1.165) is 31.8 Å². The number of phenolic OH excluding ortho intramolecular Hbond substituents is 1. The molecule has 2 heterocycles. The standard InChI is InChI=1S/C20H16ClN3OS/c1-11-3-8-16(25)15(9-11)24-19-18-17(13-4-6-14(21)7-5-13)12(2)26-20(18)23-10-22-19/h3-10,25H,1-2H3,(H,22,23,24). The van der Waals surface area contributed by atoms with Crippen molar-refractivity contribution in [2.24, 2.45) is 0 Å². The lowest BCUT2D eigenvalue weighted by molar-refractivity contribution is 0.477. The summed E-state index contributed by atoms with van der Waals surface area (Å²) in [6.45, 7) is 4.05. The lowest BCUT2D eigenvalue weighted by Gasteiger charge is -2.11. The number of phenols is 1. The number of hydrogen-bond donors (Lipinski definition) is 2. The topological polar surface area (TPSA) is 58.0 Å². The zero-order valence-electron chi connectivity index (χ0n) is 14.2. The van der Waals surface area contributed by atoms with Gasteiger partial charge in [-0.2, -0.15) is 0 Å². The molecule has 26 heavy (non-hydrogen) atoms. The highest BCUT2D eigenvalue weighted by molar-refractivity contribution is 7.19. The molecule has 0 fully saturated rings. The SMILES string of the molecule is Cc1ccc(O)c(Nc2ncnc3sc(C)c(-c4ccc(Cl)cc4)c23)c1. The molecule has 2 N–H and O–H groups in total. The number of fused-ring (bicyclic) bond motifs is 1. The summed E-state index contributed by atoms with van der Waals surface area (Å²) in [4.78, 5) is 10.9. The summed E-state index contributed by atoms with van der Waals surface area (Å²) in [5, 5.41) is 15.1. The van der Waals surface area contributed by atoms with Crippen molar-refractivity contribution < 1.29 is 5.11 Å². The lowest BCUT2D eigenvalue weighted by Crippen LogP contribution is -1.96. The molecule has 0 aliphatic carbocycles. The van der Waals surface area contributed by atoms with Crippen molar-refractivity contribution >= 4 is 44.7 Å². The monoisotopic (exact) mass is 381 g/mol. The molecule has 0 atom stereocenters. The van der Waals surface area contributed by atoms with Crippen LogP contribution in [0.5, 0.6) is 5.75 Å². The fourth-order valence-electron chi connectivity index (χ4n) is 2.98. The summed E-state index contributed by atoms with van der Waals surface area (Å²) in [5.41, 5.74) is 3.81. The Morgan fingerprint density at radius 2 is 1.81 bits per heavy atom. The number of anilines is 2. The predicted molar refractivity (Wildman–Crippen MR) is 109 cm³/mol. The molecule has 0 spiro atoms. The van der Waals surface area contributed by atoms with E-state index in [1.807, 2.05) is 43.3 Å². The minimum absolute atomic E-state index is 0.183. The smallest absolute Gasteiger partial charge is 0.143 e. The van der Waals surface area contributed by atoms with Crippen molar-refractivity contribution in [3.05, 3.63) is 64.3 Å². The van der Waals surface area contributed by atoms with E-state index in [2.05, 4.69) is 22.2 Å². The van der Waals surface area contributed by atoms with E-state index < -0.39 is 0 Å². The van der Waals surface area contributed by atoms with Crippen LogP contribution in [0.25, 0.3) is 21.3 Å². The van der Waals surface area contributed by atoms with Gasteiger partial charge in [0.05, 0.1) is 11.1 Å². The fourth-order valence-corrected chi connectivity index (χ4v) is 4.12. The van der Waals surface area contributed by atoms with Gasteiger partial charge in [-0.1, -0.05) is 29.8 Å². The third-order valence-electron chi connectivity index (χ3n) is 4.20.